The van der Waals surface area contributed by atoms with Crippen molar-refractivity contribution in [3.8, 4) is 12.1 Å². The van der Waals surface area contributed by atoms with Crippen LogP contribution in [0, 0.1) is 22.7 Å². The highest BCUT2D eigenvalue weighted by Gasteiger charge is 2.31. The number of hydrogen-bond acceptors (Lipinski definition) is 8. The summed E-state index contributed by atoms with van der Waals surface area (Å²) in [4.78, 5) is 23.8. The summed E-state index contributed by atoms with van der Waals surface area (Å²) in [6, 6.07) is 3.48. The molecule has 0 aromatic carbocycles. The van der Waals surface area contributed by atoms with Crippen LogP contribution in [0.4, 0.5) is 0 Å². The average molecular weight is 360 g/mol. The number of rotatable bonds is 5. The van der Waals surface area contributed by atoms with Gasteiger partial charge in [0, 0.05) is 0 Å². The lowest BCUT2D eigenvalue weighted by Crippen LogP contribution is -2.08. The third kappa shape index (κ3) is 5.51. The molecule has 1 aliphatic heterocycles. The van der Waals surface area contributed by atoms with E-state index in [1.165, 1.54) is 20.3 Å². The lowest BCUT2D eigenvalue weighted by Gasteiger charge is -2.00. The summed E-state index contributed by atoms with van der Waals surface area (Å²) in [6.07, 6.45) is 9.70. The van der Waals surface area contributed by atoms with E-state index < -0.39 is 11.9 Å². The Bertz CT molecular complexity index is 716. The number of esters is 2. The van der Waals surface area contributed by atoms with Crippen LogP contribution in [0.3, 0.4) is 0 Å². The molecule has 0 amide bonds. The fraction of sp³-hybridized carbons (Fsp3) is 0.125. The SMILES string of the molecule is COC(=O)C1=C(C(=O)OC)SC(=C/C=C/C=C/C=C(C#N)C#N)S1. The van der Waals surface area contributed by atoms with Gasteiger partial charge >= 0.3 is 11.9 Å². The van der Waals surface area contributed by atoms with Crippen molar-refractivity contribution in [2.24, 2.45) is 0 Å². The summed E-state index contributed by atoms with van der Waals surface area (Å²) < 4.78 is 10.0. The Morgan fingerprint density at radius 3 is 1.88 bits per heavy atom. The summed E-state index contributed by atoms with van der Waals surface area (Å²) in [5.41, 5.74) is 0.00884. The Hall–Kier alpha value is -2.68. The minimum atomic E-state index is -0.592. The van der Waals surface area contributed by atoms with Crippen molar-refractivity contribution >= 4 is 35.5 Å². The predicted octanol–water partition coefficient (Wildman–Crippen LogP) is 2.95. The van der Waals surface area contributed by atoms with Crippen LogP contribution in [0.1, 0.15) is 0 Å². The first-order valence-electron chi connectivity index (χ1n) is 6.39. The molecule has 24 heavy (non-hydrogen) atoms. The van der Waals surface area contributed by atoms with Gasteiger partial charge in [-0.25, -0.2) is 9.59 Å². The maximum absolute atomic E-state index is 11.7. The second-order valence-corrected chi connectivity index (χ2v) is 6.27. The van der Waals surface area contributed by atoms with Crippen LogP contribution in [0.5, 0.6) is 0 Å². The van der Waals surface area contributed by atoms with E-state index in [2.05, 4.69) is 9.47 Å². The lowest BCUT2D eigenvalue weighted by atomic mass is 10.3. The first-order chi connectivity index (χ1) is 11.6. The number of hydrogen-bond donors (Lipinski definition) is 0. The van der Waals surface area contributed by atoms with E-state index in [0.29, 0.717) is 4.24 Å². The van der Waals surface area contributed by atoms with Gasteiger partial charge in [-0.2, -0.15) is 10.5 Å². The smallest absolute Gasteiger partial charge is 0.346 e. The molecule has 8 heteroatoms. The molecule has 0 bridgehead atoms. The summed E-state index contributed by atoms with van der Waals surface area (Å²) in [5, 5.41) is 17.1. The maximum atomic E-state index is 11.7. The van der Waals surface area contributed by atoms with Gasteiger partial charge in [-0.15, -0.1) is 0 Å². The molecule has 0 aliphatic carbocycles. The number of thioether (sulfide) groups is 2. The van der Waals surface area contributed by atoms with Crippen LogP contribution < -0.4 is 0 Å². The fourth-order valence-corrected chi connectivity index (χ4v) is 3.65. The van der Waals surface area contributed by atoms with Gasteiger partial charge in [0.05, 0.1) is 18.5 Å². The Morgan fingerprint density at radius 2 is 1.42 bits per heavy atom. The van der Waals surface area contributed by atoms with E-state index in [9.17, 15) is 9.59 Å². The zero-order valence-corrected chi connectivity index (χ0v) is 14.4. The van der Waals surface area contributed by atoms with Crippen LogP contribution >= 0.6 is 23.5 Å². The summed E-state index contributed by atoms with van der Waals surface area (Å²) in [7, 11) is 2.48. The molecule has 122 valence electrons. The van der Waals surface area contributed by atoms with Gasteiger partial charge in [0.15, 0.2) is 0 Å². The number of nitriles is 2. The van der Waals surface area contributed by atoms with E-state index in [4.69, 9.17) is 10.5 Å². The van der Waals surface area contributed by atoms with E-state index in [1.807, 2.05) is 0 Å². The van der Waals surface area contributed by atoms with Gasteiger partial charge in [0.1, 0.15) is 27.5 Å². The van der Waals surface area contributed by atoms with Crippen LogP contribution in [0.15, 0.2) is 56.1 Å². The van der Waals surface area contributed by atoms with Crippen molar-refractivity contribution in [2.45, 2.75) is 0 Å². The number of ether oxygens (including phenoxy) is 2. The van der Waals surface area contributed by atoms with Crippen molar-refractivity contribution in [2.75, 3.05) is 14.2 Å². The Labute approximate surface area is 147 Å². The summed E-state index contributed by atoms with van der Waals surface area (Å²) in [6.45, 7) is 0. The summed E-state index contributed by atoms with van der Waals surface area (Å²) in [5.74, 6) is -1.18. The highest BCUT2D eigenvalue weighted by atomic mass is 32.2. The van der Waals surface area contributed by atoms with E-state index >= 15 is 0 Å². The molecule has 0 radical (unpaired) electrons. The van der Waals surface area contributed by atoms with Gasteiger partial charge in [-0.1, -0.05) is 47.8 Å². The summed E-state index contributed by atoms with van der Waals surface area (Å²) >= 11 is 2.25. The number of methoxy groups -OCH3 is 2. The molecule has 0 atom stereocenters. The predicted molar refractivity (Wildman–Crippen MR) is 91.9 cm³/mol. The zero-order valence-electron chi connectivity index (χ0n) is 12.8. The van der Waals surface area contributed by atoms with Gasteiger partial charge < -0.3 is 9.47 Å². The molecule has 0 fully saturated rings. The van der Waals surface area contributed by atoms with Crippen molar-refractivity contribution < 1.29 is 19.1 Å². The van der Waals surface area contributed by atoms with Crippen LogP contribution in [-0.4, -0.2) is 26.2 Å². The Morgan fingerprint density at radius 1 is 0.917 bits per heavy atom. The zero-order chi connectivity index (χ0) is 17.9. The molecular formula is C16H12N2O4S2. The largest absolute Gasteiger partial charge is 0.465 e. The van der Waals surface area contributed by atoms with Crippen molar-refractivity contribution in [3.05, 3.63) is 56.1 Å². The Balaban J connectivity index is 2.78. The van der Waals surface area contributed by atoms with Gasteiger partial charge in [0.25, 0.3) is 0 Å². The topological polar surface area (TPSA) is 100 Å². The van der Waals surface area contributed by atoms with E-state index in [0.717, 1.165) is 23.5 Å². The second kappa shape index (κ2) is 10.2. The molecule has 0 aromatic heterocycles. The van der Waals surface area contributed by atoms with Crippen LogP contribution in [0.2, 0.25) is 0 Å². The third-order valence-corrected chi connectivity index (χ3v) is 4.88. The maximum Gasteiger partial charge on any atom is 0.346 e. The molecule has 1 heterocycles. The molecule has 1 aliphatic rings. The Kier molecular flexibility index (Phi) is 8.20. The van der Waals surface area contributed by atoms with Crippen LogP contribution in [-0.2, 0) is 19.1 Å². The van der Waals surface area contributed by atoms with E-state index in [-0.39, 0.29) is 15.4 Å². The van der Waals surface area contributed by atoms with E-state index in [1.54, 1.807) is 42.5 Å². The molecular weight excluding hydrogens is 348 g/mol. The first kappa shape index (κ1) is 19.4. The molecule has 0 saturated carbocycles. The number of carbonyl (C=O) groups excluding carboxylic acids is 2. The third-order valence-electron chi connectivity index (χ3n) is 2.42. The molecule has 6 nitrogen and oxygen atoms in total. The number of nitrogens with zero attached hydrogens (tertiary/aromatic N) is 2. The average Bonchev–Trinajstić information content (AvgIpc) is 3.04. The second-order valence-electron chi connectivity index (χ2n) is 3.90. The van der Waals surface area contributed by atoms with Gasteiger partial charge in [-0.3, -0.25) is 0 Å². The minimum absolute atomic E-state index is 0.00884. The minimum Gasteiger partial charge on any atom is -0.465 e. The molecule has 1 rings (SSSR count). The van der Waals surface area contributed by atoms with Gasteiger partial charge in [0.2, 0.25) is 0 Å². The van der Waals surface area contributed by atoms with Crippen molar-refractivity contribution in [1.29, 1.82) is 10.5 Å². The quantitative estimate of drug-likeness (QED) is 0.419. The highest BCUT2D eigenvalue weighted by Crippen LogP contribution is 2.49. The fourth-order valence-electron chi connectivity index (χ4n) is 1.35. The number of carbonyl (C=O) groups is 2. The van der Waals surface area contributed by atoms with Crippen molar-refractivity contribution in [3.63, 3.8) is 0 Å². The monoisotopic (exact) mass is 360 g/mol. The lowest BCUT2D eigenvalue weighted by molar-refractivity contribution is -0.138. The number of allylic oxidation sites excluding steroid dienone is 7. The van der Waals surface area contributed by atoms with Crippen molar-refractivity contribution in [1.82, 2.24) is 0 Å². The molecule has 0 N–H and O–H groups in total. The first-order valence-corrected chi connectivity index (χ1v) is 8.02. The normalized spacial score (nSPS) is 13.6. The van der Waals surface area contributed by atoms with Gasteiger partial charge in [-0.05, 0) is 12.2 Å². The molecule has 0 aromatic rings. The standard InChI is InChI=1S/C16H12N2O4S2/c1-21-15(19)13-14(16(20)22-2)24-12(23-13)8-6-4-3-5-7-11(9-17)10-18/h3-8H,1-2H3/b5-3+,6-4+. The molecule has 0 spiro atoms. The van der Waals surface area contributed by atoms with Crippen LogP contribution in [0.25, 0.3) is 0 Å². The molecule has 0 unspecified atom stereocenters. The molecule has 0 saturated heterocycles. The highest BCUT2D eigenvalue weighted by molar-refractivity contribution is 8.29.